The van der Waals surface area contributed by atoms with E-state index in [0.717, 1.165) is 44.9 Å². The van der Waals surface area contributed by atoms with Gasteiger partial charge in [0.1, 0.15) is 11.7 Å². The fourth-order valence-electron chi connectivity index (χ4n) is 4.74. The fourth-order valence-corrected chi connectivity index (χ4v) is 4.74. The molecule has 23 heavy (non-hydrogen) atoms. The third kappa shape index (κ3) is 3.61. The van der Waals surface area contributed by atoms with E-state index in [1.807, 2.05) is 0 Å². The van der Waals surface area contributed by atoms with Crippen LogP contribution in [0.4, 0.5) is 0 Å². The van der Waals surface area contributed by atoms with Gasteiger partial charge in [0.2, 0.25) is 0 Å². The molecule has 0 heterocycles. The van der Waals surface area contributed by atoms with E-state index in [0.29, 0.717) is 11.8 Å². The molecule has 0 aromatic rings. The van der Waals surface area contributed by atoms with Gasteiger partial charge in [-0.3, -0.25) is 9.59 Å². The highest BCUT2D eigenvalue weighted by molar-refractivity contribution is 5.72. The first kappa shape index (κ1) is 16.5. The van der Waals surface area contributed by atoms with Crippen LogP contribution in [-0.4, -0.2) is 23.6 Å². The number of esters is 2. The predicted octanol–water partition coefficient (Wildman–Crippen LogP) is 3.79. The summed E-state index contributed by atoms with van der Waals surface area (Å²) in [7, 11) is 0. The molecular formula is C19H28O4. The summed E-state index contributed by atoms with van der Waals surface area (Å²) in [5.74, 6) is 0.801. The molecule has 0 aliphatic heterocycles. The normalized spacial score (nSPS) is 32.0. The lowest BCUT2D eigenvalue weighted by molar-refractivity contribution is -0.167. The summed E-state index contributed by atoms with van der Waals surface area (Å²) in [6.45, 7) is 3.51. The zero-order valence-electron chi connectivity index (χ0n) is 14.3. The molecule has 128 valence electrons. The Labute approximate surface area is 138 Å². The Kier molecular flexibility index (Phi) is 4.79. The summed E-state index contributed by atoms with van der Waals surface area (Å²) in [6, 6.07) is 0. The molecule has 4 unspecified atom stereocenters. The van der Waals surface area contributed by atoms with Crippen molar-refractivity contribution in [3.8, 4) is 0 Å². The SMILES string of the molecule is CCC1(OC(=O)CC(OC(C)=O)C2CC3C=CC2C3)CCCC1. The lowest BCUT2D eigenvalue weighted by Crippen LogP contribution is -2.36. The van der Waals surface area contributed by atoms with Crippen LogP contribution >= 0.6 is 0 Å². The van der Waals surface area contributed by atoms with Crippen LogP contribution in [0.1, 0.15) is 65.2 Å². The molecule has 3 rings (SSSR count). The maximum Gasteiger partial charge on any atom is 0.310 e. The number of carbonyl (C=O) groups is 2. The molecule has 0 aromatic carbocycles. The van der Waals surface area contributed by atoms with Crippen molar-refractivity contribution in [3.63, 3.8) is 0 Å². The first-order valence-corrected chi connectivity index (χ1v) is 9.09. The number of rotatable bonds is 6. The predicted molar refractivity (Wildman–Crippen MR) is 86.6 cm³/mol. The molecule has 0 N–H and O–H groups in total. The highest BCUT2D eigenvalue weighted by Gasteiger charge is 2.43. The second kappa shape index (κ2) is 6.66. The first-order valence-electron chi connectivity index (χ1n) is 9.09. The minimum absolute atomic E-state index is 0.197. The highest BCUT2D eigenvalue weighted by Crippen LogP contribution is 2.46. The first-order chi connectivity index (χ1) is 11.0. The molecule has 3 aliphatic rings. The maximum absolute atomic E-state index is 12.5. The van der Waals surface area contributed by atoms with Gasteiger partial charge >= 0.3 is 11.9 Å². The largest absolute Gasteiger partial charge is 0.462 e. The van der Waals surface area contributed by atoms with Crippen molar-refractivity contribution in [2.45, 2.75) is 76.9 Å². The van der Waals surface area contributed by atoms with E-state index < -0.39 is 0 Å². The van der Waals surface area contributed by atoms with Crippen LogP contribution in [0.15, 0.2) is 12.2 Å². The summed E-state index contributed by atoms with van der Waals surface area (Å²) >= 11 is 0. The van der Waals surface area contributed by atoms with Crippen molar-refractivity contribution in [1.82, 2.24) is 0 Å². The molecule has 4 heteroatoms. The number of hydrogen-bond donors (Lipinski definition) is 0. The van der Waals surface area contributed by atoms with E-state index in [2.05, 4.69) is 19.1 Å². The number of carbonyl (C=O) groups excluding carboxylic acids is 2. The van der Waals surface area contributed by atoms with Gasteiger partial charge in [0.05, 0.1) is 6.42 Å². The minimum Gasteiger partial charge on any atom is -0.462 e. The van der Waals surface area contributed by atoms with E-state index >= 15 is 0 Å². The number of fused-ring (bicyclic) bond motifs is 2. The van der Waals surface area contributed by atoms with Crippen molar-refractivity contribution in [3.05, 3.63) is 12.2 Å². The van der Waals surface area contributed by atoms with Crippen molar-refractivity contribution < 1.29 is 19.1 Å². The Morgan fingerprint density at radius 1 is 1.22 bits per heavy atom. The Balaban J connectivity index is 1.62. The molecule has 3 aliphatic carbocycles. The van der Waals surface area contributed by atoms with Crippen molar-refractivity contribution in [1.29, 1.82) is 0 Å². The minimum atomic E-state index is -0.338. The summed E-state index contributed by atoms with van der Waals surface area (Å²) in [4.78, 5) is 24.0. The third-order valence-corrected chi connectivity index (χ3v) is 5.98. The Morgan fingerprint density at radius 3 is 2.48 bits per heavy atom. The van der Waals surface area contributed by atoms with Gasteiger partial charge in [-0.25, -0.2) is 0 Å². The molecule has 0 saturated heterocycles. The zero-order chi connectivity index (χ0) is 16.4. The summed E-state index contributed by atoms with van der Waals surface area (Å²) < 4.78 is 11.4. The fraction of sp³-hybridized carbons (Fsp3) is 0.789. The van der Waals surface area contributed by atoms with Crippen LogP contribution in [0.2, 0.25) is 0 Å². The summed E-state index contributed by atoms with van der Waals surface area (Å²) in [6.07, 6.45) is 11.6. The van der Waals surface area contributed by atoms with Crippen molar-refractivity contribution in [2.75, 3.05) is 0 Å². The molecule has 0 spiro atoms. The van der Waals surface area contributed by atoms with Gasteiger partial charge in [-0.1, -0.05) is 19.1 Å². The Bertz CT molecular complexity index is 490. The van der Waals surface area contributed by atoms with Gasteiger partial charge in [-0.15, -0.1) is 0 Å². The quantitative estimate of drug-likeness (QED) is 0.552. The molecule has 2 bridgehead atoms. The summed E-state index contributed by atoms with van der Waals surface area (Å²) in [5, 5.41) is 0. The Hall–Kier alpha value is -1.32. The molecule has 0 amide bonds. The zero-order valence-corrected chi connectivity index (χ0v) is 14.3. The Morgan fingerprint density at radius 2 is 1.96 bits per heavy atom. The van der Waals surface area contributed by atoms with Gasteiger partial charge in [0.15, 0.2) is 0 Å². The molecule has 4 nitrogen and oxygen atoms in total. The summed E-state index contributed by atoms with van der Waals surface area (Å²) in [5.41, 5.74) is -0.271. The van der Waals surface area contributed by atoms with Crippen LogP contribution in [0, 0.1) is 17.8 Å². The monoisotopic (exact) mass is 320 g/mol. The lowest BCUT2D eigenvalue weighted by Gasteiger charge is -2.31. The molecular weight excluding hydrogens is 292 g/mol. The second-order valence-electron chi connectivity index (χ2n) is 7.51. The average molecular weight is 320 g/mol. The van der Waals surface area contributed by atoms with Crippen molar-refractivity contribution in [2.24, 2.45) is 17.8 Å². The van der Waals surface area contributed by atoms with Gasteiger partial charge in [-0.2, -0.15) is 0 Å². The molecule has 2 saturated carbocycles. The van der Waals surface area contributed by atoms with Crippen molar-refractivity contribution >= 4 is 11.9 Å². The third-order valence-electron chi connectivity index (χ3n) is 5.98. The van der Waals surface area contributed by atoms with Gasteiger partial charge in [-0.05, 0) is 56.8 Å². The van der Waals surface area contributed by atoms with Crippen LogP contribution in [0.3, 0.4) is 0 Å². The standard InChI is InChI=1S/C19H28O4/c1-3-19(8-4-5-9-19)23-18(21)12-17(22-13(2)20)16-11-14-6-7-15(16)10-14/h6-7,14-17H,3-5,8-12H2,1-2H3. The smallest absolute Gasteiger partial charge is 0.310 e. The van der Waals surface area contributed by atoms with Crippen LogP contribution in [0.5, 0.6) is 0 Å². The number of hydrogen-bond acceptors (Lipinski definition) is 4. The molecule has 0 radical (unpaired) electrons. The van der Waals surface area contributed by atoms with E-state index in [-0.39, 0.29) is 36.0 Å². The number of allylic oxidation sites excluding steroid dienone is 2. The van der Waals surface area contributed by atoms with Gasteiger partial charge < -0.3 is 9.47 Å². The van der Waals surface area contributed by atoms with E-state index in [4.69, 9.17) is 9.47 Å². The van der Waals surface area contributed by atoms with Gasteiger partial charge in [0, 0.05) is 12.8 Å². The average Bonchev–Trinajstić information content (AvgIpc) is 3.22. The molecule has 2 fully saturated rings. The topological polar surface area (TPSA) is 52.6 Å². The second-order valence-corrected chi connectivity index (χ2v) is 7.51. The van der Waals surface area contributed by atoms with Crippen LogP contribution in [0.25, 0.3) is 0 Å². The van der Waals surface area contributed by atoms with E-state index in [1.165, 1.54) is 6.92 Å². The van der Waals surface area contributed by atoms with Gasteiger partial charge in [0.25, 0.3) is 0 Å². The molecule has 4 atom stereocenters. The van der Waals surface area contributed by atoms with Crippen LogP contribution < -0.4 is 0 Å². The molecule has 0 aromatic heterocycles. The highest BCUT2D eigenvalue weighted by atomic mass is 16.6. The van der Waals surface area contributed by atoms with E-state index in [1.54, 1.807) is 0 Å². The number of ether oxygens (including phenoxy) is 2. The maximum atomic E-state index is 12.5. The van der Waals surface area contributed by atoms with Crippen LogP contribution in [-0.2, 0) is 19.1 Å². The van der Waals surface area contributed by atoms with E-state index in [9.17, 15) is 9.59 Å². The lowest BCUT2D eigenvalue weighted by atomic mass is 9.86.